The summed E-state index contributed by atoms with van der Waals surface area (Å²) in [4.78, 5) is 6.53. The number of allylic oxidation sites excluding steroid dienone is 13. The Labute approximate surface area is 204 Å². The van der Waals surface area contributed by atoms with Crippen LogP contribution in [0.4, 0.5) is 4.39 Å². The number of halogens is 1. The second kappa shape index (κ2) is 12.4. The third-order valence-electron chi connectivity index (χ3n) is 5.76. The van der Waals surface area contributed by atoms with Crippen LogP contribution in [0, 0.1) is 18.2 Å². The van der Waals surface area contributed by atoms with Crippen LogP contribution in [0.25, 0.3) is 5.57 Å². The van der Waals surface area contributed by atoms with Crippen LogP contribution in [0.3, 0.4) is 0 Å². The van der Waals surface area contributed by atoms with Crippen molar-refractivity contribution >= 4 is 11.8 Å². The summed E-state index contributed by atoms with van der Waals surface area (Å²) in [5, 5.41) is 0. The SMILES string of the molecule is C#Cc1c(F)cccc1/C(C=C)=C/C1=C(N(C)C(/C=N\C(=C)C)=C/C)CCC(/C=C\C=C)=C1C. The first-order chi connectivity index (χ1) is 16.3. The molecule has 0 radical (unpaired) electrons. The highest BCUT2D eigenvalue weighted by Gasteiger charge is 2.21. The Morgan fingerprint density at radius 1 is 1.26 bits per heavy atom. The summed E-state index contributed by atoms with van der Waals surface area (Å²) in [6.45, 7) is 17.6. The molecule has 0 aliphatic heterocycles. The van der Waals surface area contributed by atoms with Crippen molar-refractivity contribution in [2.24, 2.45) is 4.99 Å². The fraction of sp³-hybridized carbons (Fsp3) is 0.194. The minimum Gasteiger partial charge on any atom is -0.347 e. The van der Waals surface area contributed by atoms with E-state index in [4.69, 9.17) is 6.42 Å². The molecule has 1 aromatic rings. The van der Waals surface area contributed by atoms with Gasteiger partial charge in [-0.15, -0.1) is 6.42 Å². The highest BCUT2D eigenvalue weighted by Crippen LogP contribution is 2.36. The van der Waals surface area contributed by atoms with E-state index in [1.165, 1.54) is 11.6 Å². The molecule has 0 N–H and O–H groups in total. The predicted molar refractivity (Wildman–Crippen MR) is 146 cm³/mol. The van der Waals surface area contributed by atoms with Crippen LogP contribution in [0.5, 0.6) is 0 Å². The summed E-state index contributed by atoms with van der Waals surface area (Å²) in [5.74, 6) is 2.07. The summed E-state index contributed by atoms with van der Waals surface area (Å²) in [6.07, 6.45) is 20.8. The van der Waals surface area contributed by atoms with E-state index in [2.05, 4.69) is 48.5 Å². The Balaban J connectivity index is 2.80. The molecule has 0 aromatic heterocycles. The van der Waals surface area contributed by atoms with Crippen LogP contribution in [0.2, 0.25) is 0 Å². The average Bonchev–Trinajstić information content (AvgIpc) is 2.82. The summed E-state index contributed by atoms with van der Waals surface area (Å²) in [6, 6.07) is 4.87. The number of nitrogens with zero attached hydrogens (tertiary/aromatic N) is 2. The molecule has 0 amide bonds. The van der Waals surface area contributed by atoms with E-state index in [1.807, 2.05) is 51.4 Å². The molecule has 174 valence electrons. The van der Waals surface area contributed by atoms with Gasteiger partial charge in [0.1, 0.15) is 5.82 Å². The quantitative estimate of drug-likeness (QED) is 0.211. The first-order valence-electron chi connectivity index (χ1n) is 11.2. The zero-order valence-electron chi connectivity index (χ0n) is 20.7. The molecule has 0 saturated heterocycles. The minimum absolute atomic E-state index is 0.233. The van der Waals surface area contributed by atoms with Crippen LogP contribution in [0.15, 0.2) is 113 Å². The van der Waals surface area contributed by atoms with Crippen LogP contribution >= 0.6 is 0 Å². The molecule has 2 rings (SSSR count). The maximum absolute atomic E-state index is 14.4. The summed E-state index contributed by atoms with van der Waals surface area (Å²) < 4.78 is 14.4. The Morgan fingerprint density at radius 3 is 2.59 bits per heavy atom. The fourth-order valence-corrected chi connectivity index (χ4v) is 3.90. The van der Waals surface area contributed by atoms with Gasteiger partial charge in [-0.2, -0.15) is 0 Å². The van der Waals surface area contributed by atoms with Gasteiger partial charge in [0.2, 0.25) is 0 Å². The number of rotatable bonds is 9. The van der Waals surface area contributed by atoms with Crippen molar-refractivity contribution in [3.63, 3.8) is 0 Å². The predicted octanol–water partition coefficient (Wildman–Crippen LogP) is 7.92. The van der Waals surface area contributed by atoms with Crippen LogP contribution in [-0.4, -0.2) is 18.2 Å². The molecule has 0 heterocycles. The standard InChI is InChI=1S/C31H33FN2/c1-9-13-15-25-18-19-31(34(8)26(11-3)21-33-22(5)6)29(23(25)7)20-24(10-2)28-16-14-17-30(32)27(28)12-4/h4,9-11,13-17,20-21H,1-2,5,18-19H2,3,6-8H3/b15-13-,24-20+,26-11+,33-21-. The van der Waals surface area contributed by atoms with E-state index in [1.54, 1.807) is 18.2 Å². The number of hydrogen-bond acceptors (Lipinski definition) is 2. The van der Waals surface area contributed by atoms with Gasteiger partial charge in [-0.3, -0.25) is 4.99 Å². The van der Waals surface area contributed by atoms with Crippen molar-refractivity contribution in [3.8, 4) is 12.3 Å². The Morgan fingerprint density at radius 2 is 2.00 bits per heavy atom. The van der Waals surface area contributed by atoms with Crippen LogP contribution in [-0.2, 0) is 0 Å². The van der Waals surface area contributed by atoms with E-state index in [0.717, 1.165) is 46.7 Å². The monoisotopic (exact) mass is 452 g/mol. The van der Waals surface area contributed by atoms with Gasteiger partial charge in [-0.25, -0.2) is 4.39 Å². The van der Waals surface area contributed by atoms with E-state index in [9.17, 15) is 4.39 Å². The number of hydrogen-bond donors (Lipinski definition) is 0. The van der Waals surface area contributed by atoms with Crippen molar-refractivity contribution < 1.29 is 4.39 Å². The zero-order valence-corrected chi connectivity index (χ0v) is 20.7. The minimum atomic E-state index is -0.420. The van der Waals surface area contributed by atoms with E-state index in [-0.39, 0.29) is 5.56 Å². The summed E-state index contributed by atoms with van der Waals surface area (Å²) in [5.41, 5.74) is 7.86. The van der Waals surface area contributed by atoms with Crippen molar-refractivity contribution in [1.29, 1.82) is 0 Å². The second-order valence-corrected chi connectivity index (χ2v) is 7.98. The first kappa shape index (κ1) is 26.4. The molecule has 1 aliphatic carbocycles. The molecule has 0 unspecified atom stereocenters. The second-order valence-electron chi connectivity index (χ2n) is 7.98. The average molecular weight is 453 g/mol. The largest absolute Gasteiger partial charge is 0.347 e. The topological polar surface area (TPSA) is 15.6 Å². The molecule has 1 aliphatic rings. The molecular formula is C31H33FN2. The zero-order chi connectivity index (χ0) is 25.3. The molecule has 0 fully saturated rings. The van der Waals surface area contributed by atoms with E-state index in [0.29, 0.717) is 5.56 Å². The smallest absolute Gasteiger partial charge is 0.139 e. The molecule has 3 heteroatoms. The van der Waals surface area contributed by atoms with Gasteiger partial charge in [-0.05, 0) is 68.0 Å². The Kier molecular flexibility index (Phi) is 9.59. The number of aliphatic imine (C=N–C) groups is 1. The van der Waals surface area contributed by atoms with Gasteiger partial charge in [-0.1, -0.05) is 68.2 Å². The van der Waals surface area contributed by atoms with Crippen molar-refractivity contribution in [1.82, 2.24) is 4.90 Å². The highest BCUT2D eigenvalue weighted by molar-refractivity contribution is 5.82. The maximum atomic E-state index is 14.4. The third kappa shape index (κ3) is 6.11. The fourth-order valence-electron chi connectivity index (χ4n) is 3.90. The van der Waals surface area contributed by atoms with Crippen molar-refractivity contribution in [2.75, 3.05) is 7.05 Å². The Hall–Kier alpha value is -3.90. The summed E-state index contributed by atoms with van der Waals surface area (Å²) in [7, 11) is 2.03. The first-order valence-corrected chi connectivity index (χ1v) is 11.2. The number of terminal acetylenes is 1. The lowest BCUT2D eigenvalue weighted by Gasteiger charge is -2.30. The lowest BCUT2D eigenvalue weighted by molar-refractivity contribution is 0.508. The number of benzene rings is 1. The highest BCUT2D eigenvalue weighted by atomic mass is 19.1. The molecule has 0 atom stereocenters. The Bertz CT molecular complexity index is 1210. The van der Waals surface area contributed by atoms with Gasteiger partial charge >= 0.3 is 0 Å². The van der Waals surface area contributed by atoms with Gasteiger partial charge in [0, 0.05) is 24.0 Å². The van der Waals surface area contributed by atoms with Crippen LogP contribution in [0.1, 0.15) is 44.7 Å². The summed E-state index contributed by atoms with van der Waals surface area (Å²) >= 11 is 0. The normalized spacial score (nSPS) is 15.2. The molecule has 34 heavy (non-hydrogen) atoms. The lowest BCUT2D eigenvalue weighted by Crippen LogP contribution is -2.22. The van der Waals surface area contributed by atoms with E-state index >= 15 is 0 Å². The van der Waals surface area contributed by atoms with Crippen LogP contribution < -0.4 is 0 Å². The third-order valence-corrected chi connectivity index (χ3v) is 5.76. The van der Waals surface area contributed by atoms with Crippen molar-refractivity contribution in [2.45, 2.75) is 33.6 Å². The molecule has 1 aromatic carbocycles. The van der Waals surface area contributed by atoms with E-state index < -0.39 is 5.82 Å². The van der Waals surface area contributed by atoms with Gasteiger partial charge in [0.05, 0.1) is 17.5 Å². The lowest BCUT2D eigenvalue weighted by atomic mass is 9.86. The molecule has 0 bridgehead atoms. The van der Waals surface area contributed by atoms with Crippen molar-refractivity contribution in [3.05, 3.63) is 125 Å². The molecule has 0 saturated carbocycles. The van der Waals surface area contributed by atoms with Gasteiger partial charge in [0.25, 0.3) is 0 Å². The molecule has 2 nitrogen and oxygen atoms in total. The van der Waals surface area contributed by atoms with Gasteiger partial charge in [0.15, 0.2) is 0 Å². The molecular weight excluding hydrogens is 419 g/mol. The molecule has 0 spiro atoms. The maximum Gasteiger partial charge on any atom is 0.139 e. The van der Waals surface area contributed by atoms with Gasteiger partial charge < -0.3 is 4.90 Å².